The van der Waals surface area contributed by atoms with Gasteiger partial charge in [-0.25, -0.2) is 22.9 Å². The summed E-state index contributed by atoms with van der Waals surface area (Å²) in [5.41, 5.74) is 0.772. The summed E-state index contributed by atoms with van der Waals surface area (Å²) in [7, 11) is -3.06. The van der Waals surface area contributed by atoms with Crippen molar-refractivity contribution in [2.75, 3.05) is 31.5 Å². The molecule has 1 aliphatic carbocycles. The highest BCUT2D eigenvalue weighted by molar-refractivity contribution is 7.92. The van der Waals surface area contributed by atoms with E-state index in [0.29, 0.717) is 5.69 Å². The first-order chi connectivity index (χ1) is 22.7. The number of ether oxygens (including phenoxy) is 2. The van der Waals surface area contributed by atoms with Gasteiger partial charge in [0, 0.05) is 36.3 Å². The fraction of sp³-hybridized carbons (Fsp3) is 0.455. The fourth-order valence-electron chi connectivity index (χ4n) is 6.73. The summed E-state index contributed by atoms with van der Waals surface area (Å²) in [5, 5.41) is 0. The number of amides is 2. The second-order valence-corrected chi connectivity index (χ2v) is 14.3. The van der Waals surface area contributed by atoms with Crippen LogP contribution in [0.15, 0.2) is 53.4 Å². The quantitative estimate of drug-likeness (QED) is 0.368. The van der Waals surface area contributed by atoms with Gasteiger partial charge in [-0.3, -0.25) is 4.79 Å². The van der Waals surface area contributed by atoms with Crippen LogP contribution in [0.5, 0.6) is 5.88 Å². The number of fused-ring (bicyclic) bond motifs is 4. The van der Waals surface area contributed by atoms with Crippen LogP contribution in [-0.4, -0.2) is 85.3 Å². The van der Waals surface area contributed by atoms with Crippen molar-refractivity contribution in [1.29, 1.82) is 0 Å². The Morgan fingerprint density at radius 2 is 1.73 bits per heavy atom. The number of aromatic nitrogens is 2. The zero-order chi connectivity index (χ0) is 34.4. The van der Waals surface area contributed by atoms with Crippen molar-refractivity contribution >= 4 is 28.0 Å². The SMILES string of the molecule is COC(=O)N1CCC(N2C(=O)c3cccc(c3)S(=O)(=O)Nc3nc(cc(-c4c(C)cccc4C)n3)OC[C@H]2CC2(C(F)(F)F)CC2)CC1. The largest absolute Gasteiger partial charge is 0.475 e. The Morgan fingerprint density at radius 3 is 2.35 bits per heavy atom. The van der Waals surface area contributed by atoms with Crippen LogP contribution in [-0.2, 0) is 14.8 Å². The third kappa shape index (κ3) is 6.51. The topological polar surface area (TPSA) is 131 Å². The minimum atomic E-state index is -4.51. The van der Waals surface area contributed by atoms with Crippen LogP contribution in [0.1, 0.15) is 53.6 Å². The van der Waals surface area contributed by atoms with E-state index in [1.807, 2.05) is 32.0 Å². The molecule has 1 saturated heterocycles. The van der Waals surface area contributed by atoms with Crippen molar-refractivity contribution in [3.63, 3.8) is 0 Å². The molecule has 2 aliphatic heterocycles. The first kappa shape index (κ1) is 33.5. The van der Waals surface area contributed by atoms with E-state index in [-0.39, 0.29) is 67.7 Å². The number of hydrogen-bond donors (Lipinski definition) is 1. The van der Waals surface area contributed by atoms with Crippen molar-refractivity contribution in [3.8, 4) is 17.1 Å². The van der Waals surface area contributed by atoms with Crippen LogP contribution in [0, 0.1) is 19.3 Å². The van der Waals surface area contributed by atoms with E-state index in [1.165, 1.54) is 47.2 Å². The number of anilines is 1. The van der Waals surface area contributed by atoms with E-state index >= 15 is 0 Å². The zero-order valence-electron chi connectivity index (χ0n) is 26.7. The van der Waals surface area contributed by atoms with Crippen LogP contribution < -0.4 is 9.46 Å². The molecule has 1 saturated carbocycles. The Morgan fingerprint density at radius 1 is 1.06 bits per heavy atom. The number of methoxy groups -OCH3 is 1. The van der Waals surface area contributed by atoms with Gasteiger partial charge in [-0.1, -0.05) is 24.3 Å². The van der Waals surface area contributed by atoms with Gasteiger partial charge in [-0.2, -0.15) is 18.2 Å². The summed E-state index contributed by atoms with van der Waals surface area (Å²) in [4.78, 5) is 38.0. The lowest BCUT2D eigenvalue weighted by atomic mass is 9.92. The van der Waals surface area contributed by atoms with Crippen molar-refractivity contribution < 1.29 is 40.7 Å². The number of carbonyl (C=O) groups is 2. The lowest BCUT2D eigenvalue weighted by molar-refractivity contribution is -0.193. The molecule has 3 heterocycles. The van der Waals surface area contributed by atoms with Gasteiger partial charge in [0.05, 0.1) is 29.2 Å². The smallest absolute Gasteiger partial charge is 0.409 e. The van der Waals surface area contributed by atoms with Crippen LogP contribution >= 0.6 is 0 Å². The van der Waals surface area contributed by atoms with E-state index < -0.39 is 52.1 Å². The number of hydrogen-bond acceptors (Lipinski definition) is 8. The molecule has 0 radical (unpaired) electrons. The van der Waals surface area contributed by atoms with Crippen LogP contribution in [0.2, 0.25) is 0 Å². The second-order valence-electron chi connectivity index (χ2n) is 12.7. The maximum absolute atomic E-state index is 14.4. The Hall–Kier alpha value is -4.40. The number of rotatable bonds is 4. The molecule has 11 nitrogen and oxygen atoms in total. The van der Waals surface area contributed by atoms with Gasteiger partial charge >= 0.3 is 12.3 Å². The minimum Gasteiger partial charge on any atom is -0.475 e. The number of sulfonamides is 1. The predicted octanol–water partition coefficient (Wildman–Crippen LogP) is 5.73. The van der Waals surface area contributed by atoms with Gasteiger partial charge in [-0.05, 0) is 75.3 Å². The molecule has 1 atom stereocenters. The lowest BCUT2D eigenvalue weighted by Gasteiger charge is -2.43. The summed E-state index contributed by atoms with van der Waals surface area (Å²) in [5.74, 6) is -0.997. The van der Waals surface area contributed by atoms with E-state index in [1.54, 1.807) is 0 Å². The molecule has 0 unspecified atom stereocenters. The van der Waals surface area contributed by atoms with E-state index in [4.69, 9.17) is 9.47 Å². The van der Waals surface area contributed by atoms with Gasteiger partial charge in [-0.15, -0.1) is 0 Å². The fourth-order valence-corrected chi connectivity index (χ4v) is 7.71. The first-order valence-electron chi connectivity index (χ1n) is 15.6. The zero-order valence-corrected chi connectivity index (χ0v) is 27.5. The number of halogens is 3. The summed E-state index contributed by atoms with van der Waals surface area (Å²) in [6.45, 7) is 3.83. The summed E-state index contributed by atoms with van der Waals surface area (Å²) in [6, 6.07) is 10.8. The highest BCUT2D eigenvalue weighted by Gasteiger charge is 2.64. The van der Waals surface area contributed by atoms with Crippen LogP contribution in [0.25, 0.3) is 11.3 Å². The number of likely N-dealkylation sites (tertiary alicyclic amines) is 1. The van der Waals surface area contributed by atoms with E-state index in [0.717, 1.165) is 16.7 Å². The number of aryl methyl sites for hydroxylation is 2. The Bertz CT molecular complexity index is 1820. The van der Waals surface area contributed by atoms with Gasteiger partial charge in [0.15, 0.2) is 0 Å². The van der Waals surface area contributed by atoms with E-state index in [2.05, 4.69) is 14.7 Å². The minimum absolute atomic E-state index is 0.0155. The number of nitrogens with one attached hydrogen (secondary N) is 1. The summed E-state index contributed by atoms with van der Waals surface area (Å²) >= 11 is 0. The predicted molar refractivity (Wildman–Crippen MR) is 169 cm³/mol. The number of benzene rings is 2. The molecule has 6 rings (SSSR count). The standard InChI is InChI=1S/C33H36F3N5O6S/c1-20-6-4-7-21(2)28(20)26-17-27-38-30(37-26)39-48(44,45)25-9-5-8-22(16-25)29(42)41(23-10-14-40(15-11-23)31(43)46-3)24(19-47-27)18-32(12-13-32)33(34,35)36/h4-9,16-17,23-24H,10-15,18-19H2,1-3H3,(H,37,38,39)/t24-/m1/s1. The maximum atomic E-state index is 14.4. The highest BCUT2D eigenvalue weighted by Crippen LogP contribution is 2.61. The van der Waals surface area contributed by atoms with Gasteiger partial charge in [0.2, 0.25) is 11.8 Å². The van der Waals surface area contributed by atoms with E-state index in [9.17, 15) is 31.2 Å². The molecular formula is C33H36F3N5O6S. The average Bonchev–Trinajstić information content (AvgIpc) is 3.84. The van der Waals surface area contributed by atoms with Crippen molar-refractivity contribution in [2.45, 2.75) is 69.1 Å². The number of carbonyl (C=O) groups excluding carboxylic acids is 2. The first-order valence-corrected chi connectivity index (χ1v) is 17.1. The normalized spacial score (nSPS) is 20.8. The van der Waals surface area contributed by atoms with Gasteiger partial charge in [0.25, 0.3) is 15.9 Å². The van der Waals surface area contributed by atoms with Gasteiger partial charge < -0.3 is 19.3 Å². The molecule has 15 heteroatoms. The average molecular weight is 688 g/mol. The molecule has 48 heavy (non-hydrogen) atoms. The maximum Gasteiger partial charge on any atom is 0.409 e. The third-order valence-electron chi connectivity index (χ3n) is 9.48. The highest BCUT2D eigenvalue weighted by atomic mass is 32.2. The van der Waals surface area contributed by atoms with Crippen LogP contribution in [0.3, 0.4) is 0 Å². The van der Waals surface area contributed by atoms with Crippen LogP contribution in [0.4, 0.5) is 23.9 Å². The molecule has 256 valence electrons. The van der Waals surface area contributed by atoms with Crippen molar-refractivity contribution in [1.82, 2.24) is 19.8 Å². The molecule has 4 bridgehead atoms. The Kier molecular flexibility index (Phi) is 8.77. The second kappa shape index (κ2) is 12.6. The van der Waals surface area contributed by atoms with Crippen molar-refractivity contribution in [2.24, 2.45) is 5.41 Å². The number of nitrogens with zero attached hydrogens (tertiary/aromatic N) is 4. The Labute approximate surface area is 276 Å². The molecule has 2 aromatic carbocycles. The molecular weight excluding hydrogens is 651 g/mol. The summed E-state index contributed by atoms with van der Waals surface area (Å²) < 4.78 is 83.9. The summed E-state index contributed by atoms with van der Waals surface area (Å²) in [6.07, 6.45) is -5.09. The number of piperidine rings is 1. The molecule has 1 N–H and O–H groups in total. The Balaban J connectivity index is 1.48. The molecule has 2 fully saturated rings. The molecule has 1 aromatic heterocycles. The van der Waals surface area contributed by atoms with Gasteiger partial charge in [0.1, 0.15) is 6.61 Å². The molecule has 2 amide bonds. The third-order valence-corrected chi connectivity index (χ3v) is 10.8. The molecule has 3 aliphatic rings. The lowest BCUT2D eigenvalue weighted by Crippen LogP contribution is -2.55. The molecule has 3 aromatic rings. The van der Waals surface area contributed by atoms with Crippen molar-refractivity contribution in [3.05, 3.63) is 65.2 Å². The number of alkyl halides is 3. The molecule has 0 spiro atoms. The monoisotopic (exact) mass is 687 g/mol.